The van der Waals surface area contributed by atoms with E-state index in [1.807, 2.05) is 0 Å². The van der Waals surface area contributed by atoms with E-state index in [1.165, 1.54) is 0 Å². The molecule has 0 amide bonds. The molecule has 0 saturated carbocycles. The summed E-state index contributed by atoms with van der Waals surface area (Å²) in [5.41, 5.74) is 0. The third-order valence-corrected chi connectivity index (χ3v) is 0. The summed E-state index contributed by atoms with van der Waals surface area (Å²) in [5.74, 6) is 0. The number of hydrogen-bond acceptors (Lipinski definition) is 2. The van der Waals surface area contributed by atoms with Gasteiger partial charge in [0, 0.05) is 0 Å². The minimum Gasteiger partial charge on any atom is -0.512 e. The molecule has 0 atom stereocenters. The van der Waals surface area contributed by atoms with Crippen molar-refractivity contribution in [2.45, 2.75) is 0 Å². The van der Waals surface area contributed by atoms with Gasteiger partial charge in [-0.3, -0.25) is 0 Å². The van der Waals surface area contributed by atoms with E-state index in [1.54, 1.807) is 0 Å². The maximum atomic E-state index is 6.25. The van der Waals surface area contributed by atoms with Crippen molar-refractivity contribution in [1.29, 1.82) is 10.5 Å². The molecule has 1 radical (unpaired) electrons. The summed E-state index contributed by atoms with van der Waals surface area (Å²) in [6, 6.07) is 0. The van der Waals surface area contributed by atoms with Crippen LogP contribution in [0.5, 0.6) is 0 Å². The Morgan fingerprint density at radius 2 is 0.800 bits per heavy atom. The van der Waals surface area contributed by atoms with Crippen LogP contribution < -0.4 is 0 Å². The van der Waals surface area contributed by atoms with Gasteiger partial charge >= 0.3 is 49.4 Å². The first kappa shape index (κ1) is 17.6. The van der Waals surface area contributed by atoms with E-state index in [0.29, 0.717) is 0 Å². The SMILES string of the molecule is [C-]#N.[C-]#N.[Eu+2]. The largest absolute Gasteiger partial charge is 2.00 e. The quantitative estimate of drug-likeness (QED) is 0.529. The van der Waals surface area contributed by atoms with Gasteiger partial charge in [-0.05, 0) is 0 Å². The number of hydrogen-bond donors (Lipinski definition) is 0. The fourth-order valence-electron chi connectivity index (χ4n) is 0. The van der Waals surface area contributed by atoms with Gasteiger partial charge in [-0.2, -0.15) is 0 Å². The maximum absolute atomic E-state index is 6.25. The molecule has 0 bridgehead atoms. The van der Waals surface area contributed by atoms with Gasteiger partial charge in [-0.25, -0.2) is 0 Å². The van der Waals surface area contributed by atoms with Crippen LogP contribution in [-0.4, -0.2) is 0 Å². The number of nitrogens with zero attached hydrogens (tertiary/aromatic N) is 2. The van der Waals surface area contributed by atoms with Crippen LogP contribution in [0.4, 0.5) is 0 Å². The molecule has 0 N–H and O–H groups in total. The molecule has 0 aromatic carbocycles. The zero-order chi connectivity index (χ0) is 4.00. The Balaban J connectivity index is -0.0000000133. The molecule has 0 heterocycles. The fourth-order valence-corrected chi connectivity index (χ4v) is 0. The van der Waals surface area contributed by atoms with Crippen LogP contribution in [0.25, 0.3) is 0 Å². The second-order valence-corrected chi connectivity index (χ2v) is 0. The van der Waals surface area contributed by atoms with Gasteiger partial charge in [-0.15, -0.1) is 0 Å². The average Bonchev–Trinajstić information content (AvgIpc) is 1.50. The van der Waals surface area contributed by atoms with E-state index < -0.39 is 0 Å². The van der Waals surface area contributed by atoms with Gasteiger partial charge in [-0.1, -0.05) is 0 Å². The molecule has 0 aliphatic heterocycles. The molecule has 0 fully saturated rings. The van der Waals surface area contributed by atoms with Gasteiger partial charge in [0.25, 0.3) is 0 Å². The molecule has 25 valence electrons. The summed E-state index contributed by atoms with van der Waals surface area (Å²) in [4.78, 5) is 0. The van der Waals surface area contributed by atoms with Crippen LogP contribution in [0.1, 0.15) is 0 Å². The van der Waals surface area contributed by atoms with Gasteiger partial charge < -0.3 is 23.7 Å². The minimum absolute atomic E-state index is 0. The molecule has 0 rings (SSSR count). The third-order valence-electron chi connectivity index (χ3n) is 0. The van der Waals surface area contributed by atoms with Crippen LogP contribution >= 0.6 is 0 Å². The third kappa shape index (κ3) is 94.2. The Morgan fingerprint density at radius 3 is 0.800 bits per heavy atom. The van der Waals surface area contributed by atoms with Crippen LogP contribution in [0.2, 0.25) is 0 Å². The molecule has 5 heavy (non-hydrogen) atoms. The summed E-state index contributed by atoms with van der Waals surface area (Å²) in [6.45, 7) is 9.50. The Hall–Kier alpha value is 0.564. The molecule has 0 aromatic rings. The molecular formula is C2EuN2. The zero-order valence-corrected chi connectivity index (χ0v) is 4.70. The van der Waals surface area contributed by atoms with Crippen molar-refractivity contribution in [3.05, 3.63) is 13.1 Å². The van der Waals surface area contributed by atoms with Crippen LogP contribution in [0, 0.1) is 73.0 Å². The average molecular weight is 204 g/mol. The van der Waals surface area contributed by atoms with Crippen molar-refractivity contribution in [3.8, 4) is 0 Å². The normalized spacial score (nSPS) is 0.800. The second-order valence-electron chi connectivity index (χ2n) is 0. The van der Waals surface area contributed by atoms with Gasteiger partial charge in [0.2, 0.25) is 0 Å². The molecule has 2 nitrogen and oxygen atoms in total. The van der Waals surface area contributed by atoms with Crippen molar-refractivity contribution in [1.82, 2.24) is 0 Å². The van der Waals surface area contributed by atoms with Crippen LogP contribution in [0.3, 0.4) is 0 Å². The van der Waals surface area contributed by atoms with Crippen LogP contribution in [-0.2, 0) is 0 Å². The minimum atomic E-state index is 0. The van der Waals surface area contributed by atoms with E-state index in [0.717, 1.165) is 0 Å². The molecule has 0 aliphatic rings. The molecule has 0 saturated heterocycles. The standard InChI is InChI=1S/2CN.Eu/c2*1-2;/q2*-1;+2. The molecule has 0 unspecified atom stereocenters. The van der Waals surface area contributed by atoms with Gasteiger partial charge in [0.1, 0.15) is 0 Å². The smallest absolute Gasteiger partial charge is 0.512 e. The van der Waals surface area contributed by atoms with Crippen molar-refractivity contribution in [2.75, 3.05) is 0 Å². The van der Waals surface area contributed by atoms with E-state index in [9.17, 15) is 0 Å². The Labute approximate surface area is 71.9 Å². The monoisotopic (exact) mass is 205 g/mol. The maximum Gasteiger partial charge on any atom is 2.00 e. The first-order valence-corrected chi connectivity index (χ1v) is 0.447. The van der Waals surface area contributed by atoms with Gasteiger partial charge in [0.15, 0.2) is 0 Å². The van der Waals surface area contributed by atoms with Crippen molar-refractivity contribution < 1.29 is 49.4 Å². The first-order valence-electron chi connectivity index (χ1n) is 0.447. The summed E-state index contributed by atoms with van der Waals surface area (Å²) in [6.07, 6.45) is 0. The summed E-state index contributed by atoms with van der Waals surface area (Å²) < 4.78 is 0. The molecule has 0 spiro atoms. The summed E-state index contributed by atoms with van der Waals surface area (Å²) >= 11 is 0. The zero-order valence-electron chi connectivity index (χ0n) is 2.27. The first-order chi connectivity index (χ1) is 2.00. The van der Waals surface area contributed by atoms with Gasteiger partial charge in [0.05, 0.1) is 0 Å². The fraction of sp³-hybridized carbons (Fsp3) is 0. The number of rotatable bonds is 0. The van der Waals surface area contributed by atoms with Crippen molar-refractivity contribution in [3.63, 3.8) is 0 Å². The Kier molecular flexibility index (Phi) is 642. The van der Waals surface area contributed by atoms with E-state index in [-0.39, 0.29) is 49.4 Å². The molecule has 0 aliphatic carbocycles. The predicted molar refractivity (Wildman–Crippen MR) is 9.94 cm³/mol. The Morgan fingerprint density at radius 1 is 0.800 bits per heavy atom. The molecule has 0 aromatic heterocycles. The molecule has 3 heteroatoms. The van der Waals surface area contributed by atoms with Crippen molar-refractivity contribution in [2.24, 2.45) is 0 Å². The molecular weight excluding hydrogens is 204 g/mol. The van der Waals surface area contributed by atoms with Crippen molar-refractivity contribution >= 4 is 0 Å². The predicted octanol–water partition coefficient (Wildman–Crippen LogP) is 0.193. The Bertz CT molecular complexity index is 23.1. The summed E-state index contributed by atoms with van der Waals surface area (Å²) in [5, 5.41) is 12.5. The second kappa shape index (κ2) is 182. The summed E-state index contributed by atoms with van der Waals surface area (Å²) in [7, 11) is 0. The van der Waals surface area contributed by atoms with E-state index >= 15 is 0 Å². The van der Waals surface area contributed by atoms with E-state index in [2.05, 4.69) is 0 Å². The van der Waals surface area contributed by atoms with E-state index in [4.69, 9.17) is 23.7 Å². The van der Waals surface area contributed by atoms with Crippen LogP contribution in [0.15, 0.2) is 0 Å². The topological polar surface area (TPSA) is 47.6 Å².